The fourth-order valence-electron chi connectivity index (χ4n) is 2.66. The predicted molar refractivity (Wildman–Crippen MR) is 71.0 cm³/mol. The van der Waals surface area contributed by atoms with E-state index in [4.69, 9.17) is 0 Å². The molecule has 17 heavy (non-hydrogen) atoms. The van der Waals surface area contributed by atoms with Crippen LogP contribution in [0, 0.1) is 11.8 Å². The molecule has 0 aliphatic heterocycles. The van der Waals surface area contributed by atoms with Crippen LogP contribution in [-0.2, 0) is 19.9 Å². The Morgan fingerprint density at radius 3 is 2.71 bits per heavy atom. The molecule has 1 heterocycles. The van der Waals surface area contributed by atoms with Crippen LogP contribution in [-0.4, -0.2) is 22.9 Å². The van der Waals surface area contributed by atoms with Crippen molar-refractivity contribution in [1.29, 1.82) is 0 Å². The molecule has 1 aromatic heterocycles. The Bertz CT molecular complexity index is 366. The molecule has 96 valence electrons. The monoisotopic (exact) mass is 235 g/mol. The van der Waals surface area contributed by atoms with Gasteiger partial charge in [0.15, 0.2) is 0 Å². The zero-order valence-electron chi connectivity index (χ0n) is 11.5. The van der Waals surface area contributed by atoms with Gasteiger partial charge in [-0.25, -0.2) is 0 Å². The molecular formula is C14H25N3. The summed E-state index contributed by atoms with van der Waals surface area (Å²) in [4.78, 5) is 0. The normalized spacial score (nSPS) is 19.3. The van der Waals surface area contributed by atoms with E-state index < -0.39 is 0 Å². The largest absolute Gasteiger partial charge is 0.316 e. The number of rotatable bonds is 6. The van der Waals surface area contributed by atoms with Crippen LogP contribution < -0.4 is 5.32 Å². The van der Waals surface area contributed by atoms with Crippen molar-refractivity contribution in [2.24, 2.45) is 18.9 Å². The Balaban J connectivity index is 2.03. The third kappa shape index (κ3) is 2.89. The third-order valence-corrected chi connectivity index (χ3v) is 4.19. The van der Waals surface area contributed by atoms with Crippen LogP contribution in [0.5, 0.6) is 0 Å². The van der Waals surface area contributed by atoms with Gasteiger partial charge in [0.2, 0.25) is 0 Å². The van der Waals surface area contributed by atoms with Gasteiger partial charge in [-0.05, 0) is 44.2 Å². The van der Waals surface area contributed by atoms with E-state index in [1.807, 2.05) is 4.68 Å². The highest BCUT2D eigenvalue weighted by Crippen LogP contribution is 2.38. The zero-order chi connectivity index (χ0) is 12.4. The summed E-state index contributed by atoms with van der Waals surface area (Å²) in [6, 6.07) is 2.84. The summed E-state index contributed by atoms with van der Waals surface area (Å²) in [6.07, 6.45) is 4.96. The summed E-state index contributed by atoms with van der Waals surface area (Å²) in [5.41, 5.74) is 2.56. The van der Waals surface area contributed by atoms with Gasteiger partial charge in [-0.15, -0.1) is 0 Å². The van der Waals surface area contributed by atoms with E-state index in [1.165, 1.54) is 24.2 Å². The number of aromatic nitrogens is 2. The average Bonchev–Trinajstić information content (AvgIpc) is 3.11. The van der Waals surface area contributed by atoms with E-state index in [1.54, 1.807) is 0 Å². The maximum Gasteiger partial charge on any atom is 0.0624 e. The molecule has 1 aliphatic rings. The van der Waals surface area contributed by atoms with Crippen LogP contribution in [0.4, 0.5) is 0 Å². The first kappa shape index (κ1) is 12.6. The maximum atomic E-state index is 4.53. The van der Waals surface area contributed by atoms with Crippen LogP contribution in [0.2, 0.25) is 0 Å². The second kappa shape index (κ2) is 5.21. The molecule has 3 heteroatoms. The molecule has 0 amide bonds. The molecule has 1 saturated carbocycles. The average molecular weight is 235 g/mol. The molecule has 1 fully saturated rings. The summed E-state index contributed by atoms with van der Waals surface area (Å²) >= 11 is 0. The highest BCUT2D eigenvalue weighted by Gasteiger charge is 2.32. The van der Waals surface area contributed by atoms with Crippen molar-refractivity contribution in [3.8, 4) is 0 Å². The minimum atomic E-state index is 0.586. The molecule has 3 nitrogen and oxygen atoms in total. The molecule has 2 atom stereocenters. The Morgan fingerprint density at radius 2 is 2.24 bits per heavy atom. The first-order chi connectivity index (χ1) is 8.15. The lowest BCUT2D eigenvalue weighted by Crippen LogP contribution is -2.35. The molecule has 0 aromatic carbocycles. The molecule has 0 saturated heterocycles. The third-order valence-electron chi connectivity index (χ3n) is 4.19. The van der Waals surface area contributed by atoms with Crippen molar-refractivity contribution in [2.45, 2.75) is 45.6 Å². The Kier molecular flexibility index (Phi) is 3.87. The van der Waals surface area contributed by atoms with Gasteiger partial charge in [0.1, 0.15) is 0 Å². The molecule has 1 aliphatic carbocycles. The summed E-state index contributed by atoms with van der Waals surface area (Å²) in [5.74, 6) is 1.73. The standard InChI is InChI=1S/C14H25N3/c1-5-12-8-13(17(4)16-12)9-14(15-3)10(2)11-6-7-11/h8,10-11,14-15H,5-7,9H2,1-4H3. The first-order valence-electron chi connectivity index (χ1n) is 6.84. The molecule has 2 rings (SSSR count). The topological polar surface area (TPSA) is 29.9 Å². The second-order valence-electron chi connectivity index (χ2n) is 5.40. The fourth-order valence-corrected chi connectivity index (χ4v) is 2.66. The highest BCUT2D eigenvalue weighted by atomic mass is 15.3. The first-order valence-corrected chi connectivity index (χ1v) is 6.84. The Morgan fingerprint density at radius 1 is 1.53 bits per heavy atom. The lowest BCUT2D eigenvalue weighted by molar-refractivity contribution is 0.352. The van der Waals surface area contributed by atoms with Gasteiger partial charge in [0.05, 0.1) is 5.69 Å². The van der Waals surface area contributed by atoms with Crippen LogP contribution in [0.3, 0.4) is 0 Å². The van der Waals surface area contributed by atoms with E-state index in [9.17, 15) is 0 Å². The molecule has 1 aromatic rings. The predicted octanol–water partition coefficient (Wildman–Crippen LogP) is 2.16. The van der Waals surface area contributed by atoms with Crippen LogP contribution in [0.25, 0.3) is 0 Å². The van der Waals surface area contributed by atoms with Crippen molar-refractivity contribution in [1.82, 2.24) is 15.1 Å². The molecule has 1 N–H and O–H groups in total. The number of likely N-dealkylation sites (N-methyl/N-ethyl adjacent to an activating group) is 1. The van der Waals surface area contributed by atoms with Gasteiger partial charge in [-0.2, -0.15) is 5.10 Å². The second-order valence-corrected chi connectivity index (χ2v) is 5.40. The maximum absolute atomic E-state index is 4.53. The zero-order valence-corrected chi connectivity index (χ0v) is 11.5. The van der Waals surface area contributed by atoms with E-state index in [0.29, 0.717) is 6.04 Å². The van der Waals surface area contributed by atoms with E-state index >= 15 is 0 Å². The van der Waals surface area contributed by atoms with E-state index in [-0.39, 0.29) is 0 Å². The van der Waals surface area contributed by atoms with Crippen molar-refractivity contribution in [2.75, 3.05) is 7.05 Å². The van der Waals surface area contributed by atoms with Gasteiger partial charge in [-0.1, -0.05) is 13.8 Å². The molecule has 0 spiro atoms. The van der Waals surface area contributed by atoms with Gasteiger partial charge in [0.25, 0.3) is 0 Å². The Labute approximate surface area is 105 Å². The van der Waals surface area contributed by atoms with E-state index in [0.717, 1.165) is 24.7 Å². The fraction of sp³-hybridized carbons (Fsp3) is 0.786. The number of nitrogens with zero attached hydrogens (tertiary/aromatic N) is 2. The smallest absolute Gasteiger partial charge is 0.0624 e. The van der Waals surface area contributed by atoms with Crippen molar-refractivity contribution in [3.05, 3.63) is 17.5 Å². The number of hydrogen-bond donors (Lipinski definition) is 1. The molecule has 0 bridgehead atoms. The van der Waals surface area contributed by atoms with Crippen LogP contribution >= 0.6 is 0 Å². The van der Waals surface area contributed by atoms with Crippen LogP contribution in [0.1, 0.15) is 38.1 Å². The number of aryl methyl sites for hydroxylation is 2. The van der Waals surface area contributed by atoms with Gasteiger partial charge in [-0.3, -0.25) is 4.68 Å². The van der Waals surface area contributed by atoms with Gasteiger partial charge < -0.3 is 5.32 Å². The highest BCUT2D eigenvalue weighted by molar-refractivity contribution is 5.12. The number of nitrogens with one attached hydrogen (secondary N) is 1. The van der Waals surface area contributed by atoms with Crippen LogP contribution in [0.15, 0.2) is 6.07 Å². The Hall–Kier alpha value is -0.830. The van der Waals surface area contributed by atoms with Gasteiger partial charge >= 0.3 is 0 Å². The molecule has 0 radical (unpaired) electrons. The molecule has 2 unspecified atom stereocenters. The molecular weight excluding hydrogens is 210 g/mol. The van der Waals surface area contributed by atoms with Crippen molar-refractivity contribution < 1.29 is 0 Å². The minimum absolute atomic E-state index is 0.586. The quantitative estimate of drug-likeness (QED) is 0.819. The lowest BCUT2D eigenvalue weighted by atomic mass is 9.93. The summed E-state index contributed by atoms with van der Waals surface area (Å²) in [7, 11) is 4.14. The summed E-state index contributed by atoms with van der Waals surface area (Å²) in [5, 5.41) is 8.01. The van der Waals surface area contributed by atoms with E-state index in [2.05, 4.69) is 44.4 Å². The minimum Gasteiger partial charge on any atom is -0.316 e. The SMILES string of the molecule is CCc1cc(CC(NC)C(C)C2CC2)n(C)n1. The van der Waals surface area contributed by atoms with Gasteiger partial charge in [0, 0.05) is 25.2 Å². The summed E-state index contributed by atoms with van der Waals surface area (Å²) < 4.78 is 2.04. The summed E-state index contributed by atoms with van der Waals surface area (Å²) in [6.45, 7) is 4.55. The number of hydrogen-bond acceptors (Lipinski definition) is 2. The lowest BCUT2D eigenvalue weighted by Gasteiger charge is -2.23. The van der Waals surface area contributed by atoms with Crippen molar-refractivity contribution in [3.63, 3.8) is 0 Å². The van der Waals surface area contributed by atoms with Crippen molar-refractivity contribution >= 4 is 0 Å².